The number of methoxy groups -OCH3 is 2. The molecule has 1 atom stereocenters. The highest BCUT2D eigenvalue weighted by atomic mass is 16.5. The monoisotopic (exact) mass is 354 g/mol. The van der Waals surface area contributed by atoms with Crippen molar-refractivity contribution in [3.63, 3.8) is 0 Å². The van der Waals surface area contributed by atoms with Gasteiger partial charge in [0, 0.05) is 0 Å². The Hall–Kier alpha value is -1.96. The largest absolute Gasteiger partial charge is 0.493 e. The first-order valence-electron chi connectivity index (χ1n) is 9.88. The SMILES string of the molecule is CCCC(c1cccc(CCCc2ccc(OC)c(OC)c2)c1)C(C)C. The normalized spacial score (nSPS) is 12.2. The van der Waals surface area contributed by atoms with Gasteiger partial charge in [-0.1, -0.05) is 57.5 Å². The summed E-state index contributed by atoms with van der Waals surface area (Å²) in [6.07, 6.45) is 5.81. The van der Waals surface area contributed by atoms with Crippen molar-refractivity contribution in [2.45, 2.75) is 58.8 Å². The van der Waals surface area contributed by atoms with Crippen LogP contribution in [-0.4, -0.2) is 14.2 Å². The second kappa shape index (κ2) is 10.3. The van der Waals surface area contributed by atoms with Gasteiger partial charge in [-0.05, 0) is 66.3 Å². The fourth-order valence-corrected chi connectivity index (χ4v) is 3.71. The van der Waals surface area contributed by atoms with E-state index in [0.29, 0.717) is 11.8 Å². The zero-order chi connectivity index (χ0) is 18.9. The van der Waals surface area contributed by atoms with Crippen LogP contribution in [0.1, 0.15) is 62.6 Å². The smallest absolute Gasteiger partial charge is 0.160 e. The van der Waals surface area contributed by atoms with Gasteiger partial charge in [0.1, 0.15) is 0 Å². The Morgan fingerprint density at radius 3 is 2.15 bits per heavy atom. The minimum Gasteiger partial charge on any atom is -0.493 e. The maximum absolute atomic E-state index is 5.40. The molecule has 0 spiro atoms. The average Bonchev–Trinajstić information content (AvgIpc) is 2.66. The molecule has 2 aromatic carbocycles. The minimum absolute atomic E-state index is 0.672. The lowest BCUT2D eigenvalue weighted by Crippen LogP contribution is -2.07. The van der Waals surface area contributed by atoms with Crippen LogP contribution in [0.3, 0.4) is 0 Å². The van der Waals surface area contributed by atoms with E-state index in [9.17, 15) is 0 Å². The lowest BCUT2D eigenvalue weighted by molar-refractivity contribution is 0.354. The molecule has 1 unspecified atom stereocenters. The van der Waals surface area contributed by atoms with Gasteiger partial charge in [-0.3, -0.25) is 0 Å². The summed E-state index contributed by atoms with van der Waals surface area (Å²) in [7, 11) is 3.36. The minimum atomic E-state index is 0.672. The van der Waals surface area contributed by atoms with Crippen molar-refractivity contribution in [3.05, 3.63) is 59.2 Å². The van der Waals surface area contributed by atoms with Crippen LogP contribution in [0.2, 0.25) is 0 Å². The Balaban J connectivity index is 1.98. The number of ether oxygens (including phenoxy) is 2. The number of hydrogen-bond acceptors (Lipinski definition) is 2. The first-order chi connectivity index (χ1) is 12.6. The predicted octanol–water partition coefficient (Wildman–Crippen LogP) is 6.42. The second-order valence-corrected chi connectivity index (χ2v) is 7.43. The van der Waals surface area contributed by atoms with Gasteiger partial charge in [-0.15, -0.1) is 0 Å². The molecule has 2 rings (SSSR count). The van der Waals surface area contributed by atoms with Crippen molar-refractivity contribution in [1.29, 1.82) is 0 Å². The predicted molar refractivity (Wildman–Crippen MR) is 111 cm³/mol. The van der Waals surface area contributed by atoms with Crippen LogP contribution in [0, 0.1) is 5.92 Å². The molecule has 0 N–H and O–H groups in total. The number of aryl methyl sites for hydroxylation is 2. The molecular formula is C24H34O2. The highest BCUT2D eigenvalue weighted by Gasteiger charge is 2.15. The van der Waals surface area contributed by atoms with E-state index < -0.39 is 0 Å². The van der Waals surface area contributed by atoms with Gasteiger partial charge >= 0.3 is 0 Å². The second-order valence-electron chi connectivity index (χ2n) is 7.43. The molecule has 142 valence electrons. The Bertz CT molecular complexity index is 676. The number of hydrogen-bond donors (Lipinski definition) is 0. The highest BCUT2D eigenvalue weighted by molar-refractivity contribution is 5.43. The van der Waals surface area contributed by atoms with Crippen molar-refractivity contribution in [1.82, 2.24) is 0 Å². The van der Waals surface area contributed by atoms with Crippen LogP contribution in [0.5, 0.6) is 11.5 Å². The summed E-state index contributed by atoms with van der Waals surface area (Å²) < 4.78 is 10.7. The van der Waals surface area contributed by atoms with Crippen LogP contribution >= 0.6 is 0 Å². The molecule has 26 heavy (non-hydrogen) atoms. The van der Waals surface area contributed by atoms with Crippen LogP contribution < -0.4 is 9.47 Å². The molecule has 0 amide bonds. The molecule has 0 heterocycles. The summed E-state index contributed by atoms with van der Waals surface area (Å²) in [4.78, 5) is 0. The third-order valence-corrected chi connectivity index (χ3v) is 5.16. The molecule has 0 aliphatic rings. The topological polar surface area (TPSA) is 18.5 Å². The van der Waals surface area contributed by atoms with Crippen LogP contribution in [0.25, 0.3) is 0 Å². The van der Waals surface area contributed by atoms with Gasteiger partial charge in [0.2, 0.25) is 0 Å². The average molecular weight is 355 g/mol. The van der Waals surface area contributed by atoms with Gasteiger partial charge < -0.3 is 9.47 Å². The van der Waals surface area contributed by atoms with E-state index in [4.69, 9.17) is 9.47 Å². The third kappa shape index (κ3) is 5.52. The highest BCUT2D eigenvalue weighted by Crippen LogP contribution is 2.30. The Labute approximate surface area is 159 Å². The molecule has 2 aromatic rings. The maximum Gasteiger partial charge on any atom is 0.160 e. The fraction of sp³-hybridized carbons (Fsp3) is 0.500. The lowest BCUT2D eigenvalue weighted by atomic mass is 9.84. The van der Waals surface area contributed by atoms with Crippen LogP contribution in [0.15, 0.2) is 42.5 Å². The van der Waals surface area contributed by atoms with Gasteiger partial charge in [0.25, 0.3) is 0 Å². The van der Waals surface area contributed by atoms with Gasteiger partial charge in [0.15, 0.2) is 11.5 Å². The fourth-order valence-electron chi connectivity index (χ4n) is 3.71. The molecule has 0 bridgehead atoms. The third-order valence-electron chi connectivity index (χ3n) is 5.16. The van der Waals surface area contributed by atoms with Gasteiger partial charge in [0.05, 0.1) is 14.2 Å². The Morgan fingerprint density at radius 1 is 0.846 bits per heavy atom. The lowest BCUT2D eigenvalue weighted by Gasteiger charge is -2.21. The van der Waals surface area contributed by atoms with E-state index in [2.05, 4.69) is 57.2 Å². The molecule has 0 aliphatic carbocycles. The van der Waals surface area contributed by atoms with Gasteiger partial charge in [-0.2, -0.15) is 0 Å². The van der Waals surface area contributed by atoms with E-state index >= 15 is 0 Å². The molecule has 2 nitrogen and oxygen atoms in total. The van der Waals surface area contributed by atoms with Crippen LogP contribution in [-0.2, 0) is 12.8 Å². The molecule has 2 heteroatoms. The van der Waals surface area contributed by atoms with E-state index in [1.807, 2.05) is 6.07 Å². The summed E-state index contributed by atoms with van der Waals surface area (Å²) in [5.74, 6) is 2.97. The molecule has 0 saturated carbocycles. The number of benzene rings is 2. The molecular weight excluding hydrogens is 320 g/mol. The first kappa shape index (κ1) is 20.4. The molecule has 0 fully saturated rings. The Morgan fingerprint density at radius 2 is 1.54 bits per heavy atom. The summed E-state index contributed by atoms with van der Waals surface area (Å²) in [5, 5.41) is 0. The molecule has 0 saturated heterocycles. The molecule has 0 aromatic heterocycles. The maximum atomic E-state index is 5.40. The van der Waals surface area contributed by atoms with Crippen molar-refractivity contribution in [2.24, 2.45) is 5.92 Å². The quantitative estimate of drug-likeness (QED) is 0.490. The molecule has 0 radical (unpaired) electrons. The van der Waals surface area contributed by atoms with Crippen molar-refractivity contribution in [3.8, 4) is 11.5 Å². The summed E-state index contributed by atoms with van der Waals surface area (Å²) in [5.41, 5.74) is 4.25. The van der Waals surface area contributed by atoms with E-state index in [0.717, 1.165) is 30.8 Å². The zero-order valence-corrected chi connectivity index (χ0v) is 17.0. The number of rotatable bonds is 10. The van der Waals surface area contributed by atoms with E-state index in [1.54, 1.807) is 14.2 Å². The standard InChI is InChI=1S/C24H34O2/c1-6-9-22(18(2)3)21-13-8-12-19(16-21)10-7-11-20-14-15-23(25-4)24(17-20)26-5/h8,12-18,22H,6-7,9-11H2,1-5H3. The first-order valence-corrected chi connectivity index (χ1v) is 9.88. The summed E-state index contributed by atoms with van der Waals surface area (Å²) in [6.45, 7) is 6.95. The van der Waals surface area contributed by atoms with Gasteiger partial charge in [-0.25, -0.2) is 0 Å². The summed E-state index contributed by atoms with van der Waals surface area (Å²) in [6, 6.07) is 15.4. The summed E-state index contributed by atoms with van der Waals surface area (Å²) >= 11 is 0. The van der Waals surface area contributed by atoms with E-state index in [-0.39, 0.29) is 0 Å². The molecule has 0 aliphatic heterocycles. The van der Waals surface area contributed by atoms with Crippen molar-refractivity contribution >= 4 is 0 Å². The Kier molecular flexibility index (Phi) is 8.03. The van der Waals surface area contributed by atoms with Crippen molar-refractivity contribution in [2.75, 3.05) is 14.2 Å². The zero-order valence-electron chi connectivity index (χ0n) is 17.0. The van der Waals surface area contributed by atoms with E-state index in [1.165, 1.54) is 29.5 Å². The van der Waals surface area contributed by atoms with Crippen molar-refractivity contribution < 1.29 is 9.47 Å². The van der Waals surface area contributed by atoms with Crippen LogP contribution in [0.4, 0.5) is 0 Å².